The summed E-state index contributed by atoms with van der Waals surface area (Å²) < 4.78 is 59.2. The molecule has 5 heterocycles. The molecular weight excluding hydrogens is 1450 g/mol. The summed E-state index contributed by atoms with van der Waals surface area (Å²) in [6.45, 7) is 4.38. The van der Waals surface area contributed by atoms with Crippen LogP contribution < -0.4 is 52.4 Å². The molecular formula is C68H91N11O28S. The third-order valence-electron chi connectivity index (χ3n) is 18.2. The number of hydrogen-bond acceptors (Lipinski definition) is 27. The van der Waals surface area contributed by atoms with Gasteiger partial charge in [0.25, 0.3) is 0 Å². The fourth-order valence-corrected chi connectivity index (χ4v) is 13.8. The summed E-state index contributed by atoms with van der Waals surface area (Å²) in [7, 11) is 2.47. The highest BCUT2D eigenvalue weighted by molar-refractivity contribution is 7.91. The second-order valence-corrected chi connectivity index (χ2v) is 27.7. The molecule has 2 saturated heterocycles. The number of ether oxygens (including phenoxy) is 8. The lowest BCUT2D eigenvalue weighted by molar-refractivity contribution is -0.282. The number of nitrogens with two attached hydrogens (primary N) is 1. The number of aromatic amines is 1. The highest BCUT2D eigenvalue weighted by atomic mass is 32.2. The predicted octanol–water partition coefficient (Wildman–Crippen LogP) is -3.65. The molecule has 0 spiro atoms. The molecule has 10 amide bonds. The zero-order chi connectivity index (χ0) is 79.5. The number of carboxylic acids is 1. The number of aromatic nitrogens is 1. The Morgan fingerprint density at radius 2 is 1.44 bits per heavy atom. The van der Waals surface area contributed by atoms with Crippen molar-refractivity contribution in [3.8, 4) is 11.5 Å². The van der Waals surface area contributed by atoms with E-state index in [1.165, 1.54) is 49.2 Å². The van der Waals surface area contributed by atoms with Gasteiger partial charge < -0.3 is 121 Å². The van der Waals surface area contributed by atoms with Crippen molar-refractivity contribution in [2.45, 2.75) is 184 Å². The predicted molar refractivity (Wildman–Crippen MR) is 369 cm³/mol. The molecule has 0 saturated carbocycles. The van der Waals surface area contributed by atoms with Gasteiger partial charge in [-0.2, -0.15) is 0 Å². The summed E-state index contributed by atoms with van der Waals surface area (Å²) in [6, 6.07) is -2.13. The van der Waals surface area contributed by atoms with Crippen molar-refractivity contribution in [1.82, 2.24) is 52.0 Å². The Kier molecular flexibility index (Phi) is 30.6. The number of nitrogens with one attached hydrogen (secondary N) is 8. The lowest BCUT2D eigenvalue weighted by atomic mass is 9.93. The number of methoxy groups -OCH3 is 1. The molecule has 3 unspecified atom stereocenters. The Hall–Kier alpha value is -10.4. The summed E-state index contributed by atoms with van der Waals surface area (Å²) in [4.78, 5) is 207. The van der Waals surface area contributed by atoms with Crippen molar-refractivity contribution in [3.05, 3.63) is 53.1 Å². The number of hydrogen-bond donors (Lipinski definition) is 13. The van der Waals surface area contributed by atoms with Crippen molar-refractivity contribution < 1.29 is 135 Å². The molecule has 0 aliphatic carbocycles. The number of aromatic carboxylic acids is 1. The van der Waals surface area contributed by atoms with E-state index in [9.17, 15) is 92.3 Å². The maximum Gasteiger partial charge on any atom is 0.409 e. The number of benzene rings is 2. The van der Waals surface area contributed by atoms with Crippen molar-refractivity contribution >= 4 is 111 Å². The van der Waals surface area contributed by atoms with Crippen molar-refractivity contribution in [2.24, 2.45) is 17.6 Å². The van der Waals surface area contributed by atoms with Gasteiger partial charge in [-0.25, -0.2) is 14.4 Å². The van der Waals surface area contributed by atoms with Crippen LogP contribution in [0.1, 0.15) is 108 Å². The third-order valence-corrected chi connectivity index (χ3v) is 19.6. The van der Waals surface area contributed by atoms with Gasteiger partial charge in [0.2, 0.25) is 70.6 Å². The summed E-state index contributed by atoms with van der Waals surface area (Å²) in [6.07, 6.45) is -12.3. The number of carboxylic acid groups (broad SMARTS) is 1. The average molecular weight is 1540 g/mol. The van der Waals surface area contributed by atoms with Crippen molar-refractivity contribution in [1.29, 1.82) is 0 Å². The highest BCUT2D eigenvalue weighted by Gasteiger charge is 2.56. The van der Waals surface area contributed by atoms with E-state index < -0.39 is 260 Å². The number of rotatable bonds is 24. The molecule has 108 heavy (non-hydrogen) atoms. The minimum absolute atomic E-state index is 0.0541. The molecule has 39 nitrogen and oxygen atoms in total. The molecule has 592 valence electrons. The van der Waals surface area contributed by atoms with E-state index in [4.69, 9.17) is 43.6 Å². The van der Waals surface area contributed by atoms with Gasteiger partial charge in [0.15, 0.2) is 24.4 Å². The molecule has 2 fully saturated rings. The molecule has 0 radical (unpaired) electrons. The number of carbonyl (C=O) groups excluding carboxylic acids is 14. The number of aliphatic hydroxyl groups excluding tert-OH is 3. The number of aliphatic hydroxyl groups is 3. The number of primary amides is 1. The van der Waals surface area contributed by atoms with Crippen LogP contribution >= 0.6 is 0 Å². The minimum Gasteiger partial charge on any atom is -0.610 e. The zero-order valence-electron chi connectivity index (χ0n) is 60.4. The first-order valence-corrected chi connectivity index (χ1v) is 35.9. The number of carbonyl (C=O) groups is 15. The van der Waals surface area contributed by atoms with E-state index in [0.29, 0.717) is 32.1 Å². The van der Waals surface area contributed by atoms with Gasteiger partial charge in [0.05, 0.1) is 57.6 Å². The van der Waals surface area contributed by atoms with Gasteiger partial charge in [-0.3, -0.25) is 57.5 Å². The van der Waals surface area contributed by atoms with E-state index in [1.807, 2.05) is 0 Å². The van der Waals surface area contributed by atoms with Gasteiger partial charge in [-0.15, -0.1) is 0 Å². The van der Waals surface area contributed by atoms with E-state index >= 15 is 4.55 Å². The molecule has 4 aliphatic rings. The maximum atomic E-state index is 15.2. The largest absolute Gasteiger partial charge is 0.610 e. The Balaban J connectivity index is 1.09. The molecule has 2 bridgehead atoms. The normalized spacial score (nSPS) is 25.6. The highest BCUT2D eigenvalue weighted by Crippen LogP contribution is 2.35. The van der Waals surface area contributed by atoms with Crippen LogP contribution in [0.3, 0.4) is 0 Å². The maximum absolute atomic E-state index is 15.2. The fourth-order valence-electron chi connectivity index (χ4n) is 12.4. The number of esters is 4. The first kappa shape index (κ1) is 84.8. The Morgan fingerprint density at radius 3 is 2.08 bits per heavy atom. The number of fused-ring (bicyclic) bond motifs is 5. The Labute approximate surface area is 620 Å². The standard InChI is InChI=1S/C68H91N11O28S/c1-9-31(2)52-61(92)71-25-50(87)72-45-30-108(99)63-40(23-43(58(89)70-26-51(88)76-52)73-62(93)53(32(3)47(85)28-80)77-60(91)46-21-37(84)27-79(46)64(94)44(24-49(69)86)74-59(45)90)39-16-15-38(22-42(39)75-63)101-19-13-11-10-12-18-78(7)68(98)102-29-36-14-17-48(41(20-36)65(95)96)106-67-57(105-35(6)83)55(104-34(5)82)54(103-33(4)81)56(107-67)66(97)100-8/h14-17,20,22,31-32,37,43-47,52-57,67,75,80,84-85H,9-13,18-19,21,23-30H2,1-8H3,(H2,69,86)(H,70,89)(H,71,92)(H,72,87)(H,73,93)(H,74,90)(H,76,88)(H,77,91)(H,95,96)/t31-,32-,37+,43-,44-,45-,46?,47-,52?,53-,54-,55-,56-,57+,67+,108?/m0/s1. The Morgan fingerprint density at radius 1 is 0.778 bits per heavy atom. The summed E-state index contributed by atoms with van der Waals surface area (Å²) in [5, 5.41) is 59.5. The number of nitrogens with zero attached hydrogens (tertiary/aromatic N) is 2. The number of amides is 10. The van der Waals surface area contributed by atoms with Crippen LogP contribution in [0.2, 0.25) is 0 Å². The topological polar surface area (TPSA) is 566 Å². The molecule has 7 rings (SSSR count). The quantitative estimate of drug-likeness (QED) is 0.0178. The molecule has 4 aliphatic heterocycles. The molecule has 1 aromatic heterocycles. The first-order valence-electron chi connectivity index (χ1n) is 34.6. The van der Waals surface area contributed by atoms with E-state index in [-0.39, 0.29) is 46.0 Å². The van der Waals surface area contributed by atoms with Crippen LogP contribution in [0.4, 0.5) is 4.79 Å². The van der Waals surface area contributed by atoms with Crippen LogP contribution in [0.25, 0.3) is 10.9 Å². The van der Waals surface area contributed by atoms with E-state index in [1.54, 1.807) is 13.8 Å². The van der Waals surface area contributed by atoms with Crippen LogP contribution in [-0.4, -0.2) is 267 Å². The van der Waals surface area contributed by atoms with Gasteiger partial charge in [-0.1, -0.05) is 46.1 Å². The van der Waals surface area contributed by atoms with Gasteiger partial charge in [0.1, 0.15) is 59.6 Å². The average Bonchev–Trinajstić information content (AvgIpc) is 1.53. The minimum atomic E-state index is -2.48. The fraction of sp³-hybridized carbons (Fsp3) is 0.574. The second-order valence-electron chi connectivity index (χ2n) is 26.3. The summed E-state index contributed by atoms with van der Waals surface area (Å²) in [5.74, 6) is -18.0. The molecule has 3 aromatic rings. The van der Waals surface area contributed by atoms with Crippen molar-refractivity contribution in [3.63, 3.8) is 0 Å². The van der Waals surface area contributed by atoms with Crippen LogP contribution in [0.5, 0.6) is 11.5 Å². The second kappa shape index (κ2) is 38.9. The Bertz CT molecular complexity index is 3860. The summed E-state index contributed by atoms with van der Waals surface area (Å²) in [5.41, 5.74) is 5.52. The van der Waals surface area contributed by atoms with Gasteiger partial charge in [0, 0.05) is 87.9 Å². The van der Waals surface area contributed by atoms with Crippen LogP contribution in [-0.2, 0) is 115 Å². The third kappa shape index (κ3) is 22.6. The van der Waals surface area contributed by atoms with E-state index in [0.717, 1.165) is 38.8 Å². The monoisotopic (exact) mass is 1540 g/mol. The van der Waals surface area contributed by atoms with E-state index in [2.05, 4.69) is 42.2 Å². The van der Waals surface area contributed by atoms with Crippen LogP contribution in [0, 0.1) is 11.8 Å². The van der Waals surface area contributed by atoms with Gasteiger partial charge in [-0.05, 0) is 48.6 Å². The number of unbranched alkanes of at least 4 members (excludes halogenated alkanes) is 3. The SMILES string of the molecule is CC[C@H](C)C1NC(=O)CNC(=O)[C@@H]2Cc3c([nH]c4cc(OCCCCCCN(C)C(=O)OCc5ccc(O[C@@H]6O[C@H](C(=O)OC)[C@@H](OC(C)=O)[C@H](OC(C)=O)[C@H]6OC(C)=O)c(C(=O)O)c5)ccc34)[S+]([O-])C[C@H](NC(=O)CNC1=O)C(=O)N[C@@H](CC(N)=O)C(=O)N1C[C@H](O)CC1C(=O)N[C@@H]([C@@H](C)[C@@H](O)CO)C(=O)N2. The molecule has 40 heteroatoms. The van der Waals surface area contributed by atoms with Crippen LogP contribution in [0.15, 0.2) is 41.4 Å². The molecule has 2 aromatic carbocycles. The lowest BCUT2D eigenvalue weighted by Crippen LogP contribution is -2.64. The number of H-pyrrole nitrogens is 1. The first-order chi connectivity index (χ1) is 51.1. The zero-order valence-corrected chi connectivity index (χ0v) is 61.2. The lowest BCUT2D eigenvalue weighted by Gasteiger charge is -2.43. The smallest absolute Gasteiger partial charge is 0.409 e. The van der Waals surface area contributed by atoms with Gasteiger partial charge >= 0.3 is 35.9 Å². The molecule has 14 N–H and O–H groups in total. The molecule has 16 atom stereocenters. The summed E-state index contributed by atoms with van der Waals surface area (Å²) >= 11 is -2.48. The van der Waals surface area contributed by atoms with Crippen molar-refractivity contribution in [2.75, 3.05) is 59.3 Å².